The summed E-state index contributed by atoms with van der Waals surface area (Å²) in [7, 11) is 0. The Morgan fingerprint density at radius 2 is 1.75 bits per heavy atom. The molecule has 4 rings (SSSR count). The lowest BCUT2D eigenvalue weighted by Crippen LogP contribution is -2.47. The number of hydrogen-bond donors (Lipinski definition) is 2. The first-order valence-electron chi connectivity index (χ1n) is 13.7. The number of hydrogen-bond acceptors (Lipinski definition) is 5. The first-order valence-corrected chi connectivity index (χ1v) is 14.5. The third-order valence-electron chi connectivity index (χ3n) is 7.74. The molecule has 0 bridgehead atoms. The first-order chi connectivity index (χ1) is 17.1. The van der Waals surface area contributed by atoms with E-state index in [1.807, 2.05) is 31.7 Å². The van der Waals surface area contributed by atoms with E-state index in [9.17, 15) is 14.7 Å². The minimum absolute atomic E-state index is 0.00507. The number of carbonyl (C=O) groups is 2. The van der Waals surface area contributed by atoms with E-state index in [0.29, 0.717) is 16.5 Å². The Morgan fingerprint density at radius 1 is 1.06 bits per heavy atom. The van der Waals surface area contributed by atoms with Gasteiger partial charge in [0.1, 0.15) is 4.88 Å². The maximum atomic E-state index is 14.0. The van der Waals surface area contributed by atoms with E-state index in [2.05, 4.69) is 24.1 Å². The Morgan fingerprint density at radius 3 is 2.33 bits per heavy atom. The molecule has 1 saturated heterocycles. The van der Waals surface area contributed by atoms with Gasteiger partial charge in [0.15, 0.2) is 0 Å². The van der Waals surface area contributed by atoms with Crippen molar-refractivity contribution in [3.8, 4) is 11.8 Å². The molecule has 1 atom stereocenters. The van der Waals surface area contributed by atoms with Crippen molar-refractivity contribution >= 4 is 28.9 Å². The number of nitrogens with zero attached hydrogens (tertiary/aromatic N) is 1. The zero-order chi connectivity index (χ0) is 25.9. The first kappa shape index (κ1) is 27.2. The van der Waals surface area contributed by atoms with E-state index in [4.69, 9.17) is 4.74 Å². The number of carboxylic acid groups (broad SMARTS) is 1. The summed E-state index contributed by atoms with van der Waals surface area (Å²) in [5.74, 6) is 6.11. The zero-order valence-corrected chi connectivity index (χ0v) is 23.1. The summed E-state index contributed by atoms with van der Waals surface area (Å²) in [6.07, 6.45) is 8.89. The van der Waals surface area contributed by atoms with Gasteiger partial charge in [-0.3, -0.25) is 4.79 Å². The summed E-state index contributed by atoms with van der Waals surface area (Å²) in [6, 6.07) is 1.85. The molecule has 2 saturated carbocycles. The molecule has 1 aromatic heterocycles. The molecular weight excluding hydrogens is 472 g/mol. The van der Waals surface area contributed by atoms with Gasteiger partial charge in [0.25, 0.3) is 0 Å². The lowest BCUT2D eigenvalue weighted by molar-refractivity contribution is -0.124. The van der Waals surface area contributed by atoms with Crippen molar-refractivity contribution in [1.29, 1.82) is 0 Å². The lowest BCUT2D eigenvalue weighted by atomic mass is 9.81. The Kier molecular flexibility index (Phi) is 8.80. The highest BCUT2D eigenvalue weighted by Crippen LogP contribution is 2.39. The number of nitrogens with one attached hydrogen (secondary N) is 1. The standard InChI is InChI=1S/C29H42N2O4S/c1-19-5-7-20(8-6-19)27(32)31(21-9-11-22(12-10-21)35-23-14-16-30-18-23)25-17-24(13-15-29(2,3)4)36-26(25)28(33)34/h17,19-23,30H,5-12,14,16,18H2,1-4H3,(H,33,34)/t19-,20-,21-,22-,23-/m0/s1. The van der Waals surface area contributed by atoms with Crippen molar-refractivity contribution in [1.82, 2.24) is 5.32 Å². The second-order valence-corrected chi connectivity index (χ2v) is 13.0. The molecule has 1 amide bonds. The normalized spacial score (nSPS) is 28.8. The Labute approximate surface area is 220 Å². The minimum Gasteiger partial charge on any atom is -0.477 e. The summed E-state index contributed by atoms with van der Waals surface area (Å²) >= 11 is 1.19. The number of amides is 1. The van der Waals surface area contributed by atoms with Crippen LogP contribution < -0.4 is 10.2 Å². The maximum Gasteiger partial charge on any atom is 0.348 e. The number of aromatic carboxylic acids is 1. The van der Waals surface area contributed by atoms with Crippen LogP contribution in [0.4, 0.5) is 5.69 Å². The van der Waals surface area contributed by atoms with Crippen LogP contribution in [0.3, 0.4) is 0 Å². The van der Waals surface area contributed by atoms with Crippen LogP contribution in [0.2, 0.25) is 0 Å². The molecule has 2 aliphatic carbocycles. The van der Waals surface area contributed by atoms with Gasteiger partial charge in [0.2, 0.25) is 5.91 Å². The van der Waals surface area contributed by atoms with E-state index >= 15 is 0 Å². The predicted molar refractivity (Wildman–Crippen MR) is 145 cm³/mol. The summed E-state index contributed by atoms with van der Waals surface area (Å²) in [5, 5.41) is 13.4. The van der Waals surface area contributed by atoms with Crippen molar-refractivity contribution in [2.24, 2.45) is 17.3 Å². The van der Waals surface area contributed by atoms with Gasteiger partial charge >= 0.3 is 5.97 Å². The molecule has 36 heavy (non-hydrogen) atoms. The monoisotopic (exact) mass is 514 g/mol. The topological polar surface area (TPSA) is 78.9 Å². The zero-order valence-electron chi connectivity index (χ0n) is 22.3. The predicted octanol–water partition coefficient (Wildman–Crippen LogP) is 5.69. The fraction of sp³-hybridized carbons (Fsp3) is 0.724. The molecule has 2 heterocycles. The molecule has 198 valence electrons. The summed E-state index contributed by atoms with van der Waals surface area (Å²) in [6.45, 7) is 10.3. The highest BCUT2D eigenvalue weighted by atomic mass is 32.1. The van der Waals surface area contributed by atoms with Gasteiger partial charge in [-0.15, -0.1) is 11.3 Å². The van der Waals surface area contributed by atoms with Crippen molar-refractivity contribution < 1.29 is 19.4 Å². The van der Waals surface area contributed by atoms with E-state index in [1.54, 1.807) is 0 Å². The second-order valence-electron chi connectivity index (χ2n) is 12.0. The fourth-order valence-corrected chi connectivity index (χ4v) is 6.52. The Bertz CT molecular complexity index is 979. The summed E-state index contributed by atoms with van der Waals surface area (Å²) in [4.78, 5) is 29.1. The van der Waals surface area contributed by atoms with E-state index in [1.165, 1.54) is 11.3 Å². The number of ether oxygens (including phenoxy) is 1. The number of thiophene rings is 1. The highest BCUT2D eigenvalue weighted by molar-refractivity contribution is 7.15. The second kappa shape index (κ2) is 11.7. The number of carboxylic acids is 1. The van der Waals surface area contributed by atoms with Gasteiger partial charge in [0, 0.05) is 23.9 Å². The molecule has 1 aliphatic heterocycles. The van der Waals surface area contributed by atoms with E-state index in [-0.39, 0.29) is 40.4 Å². The smallest absolute Gasteiger partial charge is 0.348 e. The molecule has 0 radical (unpaired) electrons. The third kappa shape index (κ3) is 6.90. The van der Waals surface area contributed by atoms with Gasteiger partial charge in [-0.1, -0.05) is 18.8 Å². The maximum absolute atomic E-state index is 14.0. The van der Waals surface area contributed by atoms with Crippen molar-refractivity contribution in [3.63, 3.8) is 0 Å². The quantitative estimate of drug-likeness (QED) is 0.477. The van der Waals surface area contributed by atoms with Crippen LogP contribution in [0.5, 0.6) is 0 Å². The fourth-order valence-electron chi connectivity index (χ4n) is 5.68. The average molecular weight is 515 g/mol. The van der Waals surface area contributed by atoms with Crippen LogP contribution in [0.25, 0.3) is 0 Å². The van der Waals surface area contributed by atoms with Crippen molar-refractivity contribution in [2.75, 3.05) is 18.0 Å². The van der Waals surface area contributed by atoms with Crippen LogP contribution in [0.15, 0.2) is 6.07 Å². The van der Waals surface area contributed by atoms with E-state index < -0.39 is 5.97 Å². The van der Waals surface area contributed by atoms with Crippen molar-refractivity contribution in [3.05, 3.63) is 15.8 Å². The Hall–Kier alpha value is -1.88. The SMILES string of the molecule is CC(C)(C)C#Cc1cc(N(C(=O)[C@H]2CC[C@H](C)CC2)[C@H]2CC[C@H](O[C@H]3CCNC3)CC2)c(C(=O)O)s1. The number of carbonyl (C=O) groups excluding carboxylic acids is 1. The van der Waals surface area contributed by atoms with Crippen LogP contribution in [-0.4, -0.2) is 48.3 Å². The van der Waals surface area contributed by atoms with Gasteiger partial charge < -0.3 is 20.1 Å². The highest BCUT2D eigenvalue weighted by Gasteiger charge is 2.38. The number of anilines is 1. The lowest BCUT2D eigenvalue weighted by Gasteiger charge is -2.40. The van der Waals surface area contributed by atoms with Gasteiger partial charge in [-0.05, 0) is 97.1 Å². The summed E-state index contributed by atoms with van der Waals surface area (Å²) < 4.78 is 6.33. The minimum atomic E-state index is -0.986. The van der Waals surface area contributed by atoms with Crippen LogP contribution in [0, 0.1) is 29.1 Å². The molecular formula is C29H42N2O4S. The third-order valence-corrected chi connectivity index (χ3v) is 8.77. The Balaban J connectivity index is 1.60. The molecule has 2 N–H and O–H groups in total. The van der Waals surface area contributed by atoms with Crippen LogP contribution in [0.1, 0.15) is 100 Å². The summed E-state index contributed by atoms with van der Waals surface area (Å²) in [5.41, 5.74) is 0.355. The van der Waals surface area contributed by atoms with E-state index in [0.717, 1.165) is 70.9 Å². The van der Waals surface area contributed by atoms with Gasteiger partial charge in [-0.25, -0.2) is 4.79 Å². The van der Waals surface area contributed by atoms with Crippen LogP contribution >= 0.6 is 11.3 Å². The molecule has 3 aliphatic rings. The largest absolute Gasteiger partial charge is 0.477 e. The molecule has 6 nitrogen and oxygen atoms in total. The molecule has 0 aromatic carbocycles. The molecule has 7 heteroatoms. The molecule has 3 fully saturated rings. The van der Waals surface area contributed by atoms with Gasteiger partial charge in [0.05, 0.1) is 22.8 Å². The van der Waals surface area contributed by atoms with Crippen molar-refractivity contribution in [2.45, 2.75) is 104 Å². The average Bonchev–Trinajstić information content (AvgIpc) is 3.49. The van der Waals surface area contributed by atoms with Crippen LogP contribution in [-0.2, 0) is 9.53 Å². The molecule has 0 spiro atoms. The van der Waals surface area contributed by atoms with Gasteiger partial charge in [-0.2, -0.15) is 0 Å². The molecule has 0 unspecified atom stereocenters. The molecule has 1 aromatic rings. The number of rotatable bonds is 6.